The molecule has 7 heteroatoms. The van der Waals surface area contributed by atoms with E-state index in [1.54, 1.807) is 18.6 Å². The van der Waals surface area contributed by atoms with Crippen molar-refractivity contribution < 1.29 is 13.9 Å². The van der Waals surface area contributed by atoms with Crippen molar-refractivity contribution in [2.24, 2.45) is 23.7 Å². The summed E-state index contributed by atoms with van der Waals surface area (Å²) in [6.07, 6.45) is 11.7. The van der Waals surface area contributed by atoms with Gasteiger partial charge in [0.2, 0.25) is 0 Å². The summed E-state index contributed by atoms with van der Waals surface area (Å²) in [6.45, 7) is 0. The molecule has 3 aromatic rings. The number of aromatic nitrogens is 4. The fourth-order valence-corrected chi connectivity index (χ4v) is 5.44. The van der Waals surface area contributed by atoms with Crippen LogP contribution in [-0.4, -0.2) is 33.0 Å². The van der Waals surface area contributed by atoms with E-state index in [4.69, 9.17) is 9.72 Å². The second-order valence-corrected chi connectivity index (χ2v) is 8.24. The van der Waals surface area contributed by atoms with Crippen molar-refractivity contribution in [2.45, 2.75) is 32.1 Å². The van der Waals surface area contributed by atoms with Crippen LogP contribution < -0.4 is 0 Å². The molecule has 0 radical (unpaired) electrons. The molecular weight excluding hydrogens is 371 g/mol. The zero-order valence-electron chi connectivity index (χ0n) is 16.3. The maximum Gasteiger partial charge on any atom is 0.309 e. The molecule has 0 aliphatic heterocycles. The first-order valence-corrected chi connectivity index (χ1v) is 10.2. The van der Waals surface area contributed by atoms with Gasteiger partial charge in [-0.05, 0) is 55.9 Å². The topological polar surface area (TPSA) is 80.8 Å². The second kappa shape index (κ2) is 7.21. The number of methoxy groups -OCH3 is 1. The highest BCUT2D eigenvalue weighted by Gasteiger charge is 2.47. The minimum atomic E-state index is -0.387. The van der Waals surface area contributed by atoms with Crippen LogP contribution in [0.3, 0.4) is 0 Å². The summed E-state index contributed by atoms with van der Waals surface area (Å²) in [7, 11) is 1.48. The molecule has 2 atom stereocenters. The Labute approximate surface area is 167 Å². The molecular formula is C22H23FN4O2. The number of pyridine rings is 1. The van der Waals surface area contributed by atoms with Crippen molar-refractivity contribution in [1.29, 1.82) is 0 Å². The van der Waals surface area contributed by atoms with E-state index in [-0.39, 0.29) is 23.6 Å². The average molecular weight is 394 g/mol. The molecule has 6 nitrogen and oxygen atoms in total. The van der Waals surface area contributed by atoms with Crippen molar-refractivity contribution >= 4 is 17.0 Å². The third-order valence-electron chi connectivity index (χ3n) is 6.77. The molecule has 3 aromatic heterocycles. The van der Waals surface area contributed by atoms with E-state index in [0.717, 1.165) is 24.1 Å². The summed E-state index contributed by atoms with van der Waals surface area (Å²) in [5, 5.41) is 0.681. The molecule has 6 rings (SSSR count). The number of nitrogens with one attached hydrogen (secondary N) is 1. The largest absolute Gasteiger partial charge is 0.469 e. The predicted molar refractivity (Wildman–Crippen MR) is 105 cm³/mol. The number of halogens is 1. The number of hydrogen-bond donors (Lipinski definition) is 1. The van der Waals surface area contributed by atoms with Gasteiger partial charge in [-0.2, -0.15) is 0 Å². The van der Waals surface area contributed by atoms with Gasteiger partial charge in [0, 0.05) is 23.3 Å². The molecule has 0 amide bonds. The first-order valence-electron chi connectivity index (χ1n) is 10.2. The molecule has 29 heavy (non-hydrogen) atoms. The van der Waals surface area contributed by atoms with Crippen LogP contribution in [0, 0.1) is 29.5 Å². The fourth-order valence-electron chi connectivity index (χ4n) is 5.44. The first-order chi connectivity index (χ1) is 14.1. The van der Waals surface area contributed by atoms with Gasteiger partial charge in [0.25, 0.3) is 0 Å². The Morgan fingerprint density at radius 3 is 2.79 bits per heavy atom. The van der Waals surface area contributed by atoms with Crippen LogP contribution in [-0.2, 0) is 16.0 Å². The number of fused-ring (bicyclic) bond motifs is 4. The standard InChI is InChI=1S/C22H23FN4O2/c1-29-22(28)20-13-4-2-12(3-5-13)16(20)7-15-9-24-11-19(27-15)18-10-26-21-17(18)6-14(23)8-25-21/h6,8-13,16,20H,2-5,7H2,1H3,(H,25,26)/t12?,13?,16?,20-/m1/s1. The first kappa shape index (κ1) is 18.2. The van der Waals surface area contributed by atoms with Crippen molar-refractivity contribution in [2.75, 3.05) is 7.11 Å². The van der Waals surface area contributed by atoms with Crippen LogP contribution in [0.15, 0.2) is 30.9 Å². The smallest absolute Gasteiger partial charge is 0.309 e. The number of carbonyl (C=O) groups excluding carboxylic acids is 1. The number of carbonyl (C=O) groups is 1. The van der Waals surface area contributed by atoms with Gasteiger partial charge in [0.15, 0.2) is 0 Å². The zero-order valence-corrected chi connectivity index (χ0v) is 16.3. The minimum absolute atomic E-state index is 0.0515. The van der Waals surface area contributed by atoms with Gasteiger partial charge in [0.1, 0.15) is 11.5 Å². The molecule has 0 spiro atoms. The monoisotopic (exact) mass is 394 g/mol. The Morgan fingerprint density at radius 1 is 1.21 bits per heavy atom. The van der Waals surface area contributed by atoms with Gasteiger partial charge in [-0.25, -0.2) is 14.4 Å². The summed E-state index contributed by atoms with van der Waals surface area (Å²) in [5.74, 6) is 0.649. The molecule has 0 saturated heterocycles. The third-order valence-corrected chi connectivity index (χ3v) is 6.77. The van der Waals surface area contributed by atoms with E-state index in [1.165, 1.54) is 32.2 Å². The van der Waals surface area contributed by atoms with E-state index in [2.05, 4.69) is 15.0 Å². The van der Waals surface area contributed by atoms with Crippen molar-refractivity contribution in [3.63, 3.8) is 0 Å². The molecule has 150 valence electrons. The van der Waals surface area contributed by atoms with Gasteiger partial charge in [0.05, 0.1) is 36.8 Å². The van der Waals surface area contributed by atoms with E-state index in [9.17, 15) is 9.18 Å². The lowest BCUT2D eigenvalue weighted by molar-refractivity contribution is -0.156. The number of esters is 1. The van der Waals surface area contributed by atoms with E-state index < -0.39 is 0 Å². The van der Waals surface area contributed by atoms with Crippen molar-refractivity contribution in [3.8, 4) is 11.3 Å². The Bertz CT molecular complexity index is 1060. The predicted octanol–water partition coefficient (Wildman–Crippen LogP) is 3.93. The quantitative estimate of drug-likeness (QED) is 0.678. The minimum Gasteiger partial charge on any atom is -0.469 e. The SMILES string of the molecule is COC(=O)[C@@H]1C2CCC(CC2)C1Cc1cncc(-c2c[nH]c3ncc(F)cc23)n1. The third kappa shape index (κ3) is 3.18. The fraction of sp³-hybridized carbons (Fsp3) is 0.455. The maximum absolute atomic E-state index is 13.7. The lowest BCUT2D eigenvalue weighted by Gasteiger charge is -2.47. The average Bonchev–Trinajstić information content (AvgIpc) is 3.17. The summed E-state index contributed by atoms with van der Waals surface area (Å²) in [5.41, 5.74) is 2.92. The van der Waals surface area contributed by atoms with E-state index >= 15 is 0 Å². The summed E-state index contributed by atoms with van der Waals surface area (Å²) >= 11 is 0. The van der Waals surface area contributed by atoms with Crippen LogP contribution in [0.25, 0.3) is 22.3 Å². The van der Waals surface area contributed by atoms with Gasteiger partial charge >= 0.3 is 5.97 Å². The molecule has 3 fully saturated rings. The Kier molecular flexibility index (Phi) is 4.53. The van der Waals surface area contributed by atoms with Crippen LogP contribution >= 0.6 is 0 Å². The summed E-state index contributed by atoms with van der Waals surface area (Å²) < 4.78 is 18.8. The lowest BCUT2D eigenvalue weighted by Crippen LogP contribution is -2.45. The Balaban J connectivity index is 1.46. The molecule has 0 aromatic carbocycles. The van der Waals surface area contributed by atoms with Crippen molar-refractivity contribution in [1.82, 2.24) is 19.9 Å². The summed E-state index contributed by atoms with van der Waals surface area (Å²) in [4.78, 5) is 28.8. The number of nitrogens with zero attached hydrogens (tertiary/aromatic N) is 3. The van der Waals surface area contributed by atoms with Crippen LogP contribution in [0.4, 0.5) is 4.39 Å². The zero-order chi connectivity index (χ0) is 20.0. The van der Waals surface area contributed by atoms with Gasteiger partial charge in [-0.3, -0.25) is 9.78 Å². The number of hydrogen-bond acceptors (Lipinski definition) is 5. The molecule has 3 aliphatic carbocycles. The molecule has 3 saturated carbocycles. The normalized spacial score (nSPS) is 26.0. The van der Waals surface area contributed by atoms with E-state index in [0.29, 0.717) is 35.0 Å². The molecule has 1 N–H and O–H groups in total. The number of rotatable bonds is 4. The Hall–Kier alpha value is -2.83. The highest BCUT2D eigenvalue weighted by Crippen LogP contribution is 2.50. The molecule has 3 aliphatic rings. The number of ether oxygens (including phenoxy) is 1. The summed E-state index contributed by atoms with van der Waals surface area (Å²) in [6, 6.07) is 1.45. The van der Waals surface area contributed by atoms with Gasteiger partial charge in [-0.15, -0.1) is 0 Å². The van der Waals surface area contributed by atoms with Gasteiger partial charge < -0.3 is 9.72 Å². The van der Waals surface area contributed by atoms with E-state index in [1.807, 2.05) is 0 Å². The van der Waals surface area contributed by atoms with Crippen LogP contribution in [0.5, 0.6) is 0 Å². The van der Waals surface area contributed by atoms with Crippen LogP contribution in [0.1, 0.15) is 31.4 Å². The lowest BCUT2D eigenvalue weighted by atomic mass is 9.57. The van der Waals surface area contributed by atoms with Crippen molar-refractivity contribution in [3.05, 3.63) is 42.4 Å². The highest BCUT2D eigenvalue weighted by molar-refractivity contribution is 5.92. The van der Waals surface area contributed by atoms with Gasteiger partial charge in [-0.1, -0.05) is 0 Å². The molecule has 3 heterocycles. The number of H-pyrrole nitrogens is 1. The molecule has 1 unspecified atom stereocenters. The second-order valence-electron chi connectivity index (χ2n) is 8.24. The van der Waals surface area contributed by atoms with Crippen LogP contribution in [0.2, 0.25) is 0 Å². The highest BCUT2D eigenvalue weighted by atomic mass is 19.1. The maximum atomic E-state index is 13.7. The molecule has 2 bridgehead atoms. The Morgan fingerprint density at radius 2 is 2.00 bits per heavy atom. The number of aromatic amines is 1.